The molecular formula is C26H29N3O7. The molecule has 3 atom stereocenters. The van der Waals surface area contributed by atoms with Crippen molar-refractivity contribution in [2.45, 2.75) is 51.0 Å². The van der Waals surface area contributed by atoms with Crippen LogP contribution in [0.5, 0.6) is 17.2 Å². The molecule has 10 heteroatoms. The third kappa shape index (κ3) is 5.08. The van der Waals surface area contributed by atoms with Crippen molar-refractivity contribution in [2.75, 3.05) is 25.8 Å². The van der Waals surface area contributed by atoms with Crippen LogP contribution in [0.3, 0.4) is 0 Å². The molecule has 0 spiro atoms. The first kappa shape index (κ1) is 23.9. The fourth-order valence-corrected chi connectivity index (χ4v) is 4.84. The van der Waals surface area contributed by atoms with Crippen molar-refractivity contribution >= 4 is 23.4 Å². The van der Waals surface area contributed by atoms with Crippen molar-refractivity contribution in [3.63, 3.8) is 0 Å². The number of anilines is 1. The standard InChI is InChI=1S/C26H29N3O7/c1-15(30)28-17-4-8-21-19(10-17)26(32)29(2)20-6-5-18(36-24(20)13-33-21)11-25(31)27-12-16-3-7-22-23(9-16)35-14-34-22/h3-4,7-10,18,20,24H,5-6,11-14H2,1-2H3,(H,27,31)(H,28,30)/t18-,20+,24+/m0/s1. The lowest BCUT2D eigenvalue weighted by Crippen LogP contribution is -2.53. The third-order valence-corrected chi connectivity index (χ3v) is 6.67. The van der Waals surface area contributed by atoms with Crippen LogP contribution in [-0.2, 0) is 20.9 Å². The van der Waals surface area contributed by atoms with E-state index in [1.165, 1.54) is 6.92 Å². The van der Waals surface area contributed by atoms with E-state index >= 15 is 0 Å². The van der Waals surface area contributed by atoms with E-state index in [1.807, 2.05) is 18.2 Å². The van der Waals surface area contributed by atoms with E-state index in [1.54, 1.807) is 30.1 Å². The van der Waals surface area contributed by atoms with E-state index in [9.17, 15) is 14.4 Å². The molecule has 1 saturated heterocycles. The smallest absolute Gasteiger partial charge is 0.257 e. The Morgan fingerprint density at radius 1 is 1.03 bits per heavy atom. The maximum absolute atomic E-state index is 13.2. The molecule has 10 nitrogen and oxygen atoms in total. The van der Waals surface area contributed by atoms with Crippen molar-refractivity contribution < 1.29 is 33.3 Å². The maximum atomic E-state index is 13.2. The summed E-state index contributed by atoms with van der Waals surface area (Å²) in [6.07, 6.45) is 0.937. The summed E-state index contributed by atoms with van der Waals surface area (Å²) < 4.78 is 22.9. The van der Waals surface area contributed by atoms with Crippen LogP contribution in [0.2, 0.25) is 0 Å². The predicted molar refractivity (Wildman–Crippen MR) is 129 cm³/mol. The summed E-state index contributed by atoms with van der Waals surface area (Å²) in [5.41, 5.74) is 1.86. The average Bonchev–Trinajstić information content (AvgIpc) is 3.33. The largest absolute Gasteiger partial charge is 0.490 e. The summed E-state index contributed by atoms with van der Waals surface area (Å²) in [5.74, 6) is 1.30. The molecule has 3 heterocycles. The van der Waals surface area contributed by atoms with E-state index in [0.29, 0.717) is 47.9 Å². The molecule has 0 unspecified atom stereocenters. The van der Waals surface area contributed by atoms with Gasteiger partial charge in [-0.05, 0) is 48.7 Å². The van der Waals surface area contributed by atoms with Gasteiger partial charge in [0.25, 0.3) is 5.91 Å². The van der Waals surface area contributed by atoms with Crippen molar-refractivity contribution in [1.29, 1.82) is 0 Å². The quantitative estimate of drug-likeness (QED) is 0.655. The van der Waals surface area contributed by atoms with Gasteiger partial charge in [0.05, 0.1) is 24.1 Å². The number of benzene rings is 2. The van der Waals surface area contributed by atoms with E-state index < -0.39 is 0 Å². The normalized spacial score (nSPS) is 22.4. The van der Waals surface area contributed by atoms with E-state index in [4.69, 9.17) is 18.9 Å². The molecule has 0 saturated carbocycles. The molecule has 0 bridgehead atoms. The Morgan fingerprint density at radius 3 is 2.67 bits per heavy atom. The Morgan fingerprint density at radius 2 is 1.83 bits per heavy atom. The summed E-state index contributed by atoms with van der Waals surface area (Å²) in [5, 5.41) is 5.64. The second-order valence-corrected chi connectivity index (χ2v) is 9.23. The highest BCUT2D eigenvalue weighted by Crippen LogP contribution is 2.33. The molecule has 0 aliphatic carbocycles. The van der Waals surface area contributed by atoms with Gasteiger partial charge in [0.15, 0.2) is 11.5 Å². The van der Waals surface area contributed by atoms with Crippen LogP contribution in [0.15, 0.2) is 36.4 Å². The van der Waals surface area contributed by atoms with Gasteiger partial charge in [0, 0.05) is 26.2 Å². The monoisotopic (exact) mass is 495 g/mol. The van der Waals surface area contributed by atoms with Crippen LogP contribution in [0, 0.1) is 0 Å². The fourth-order valence-electron chi connectivity index (χ4n) is 4.84. The zero-order valence-corrected chi connectivity index (χ0v) is 20.2. The van der Waals surface area contributed by atoms with Crippen LogP contribution >= 0.6 is 0 Å². The van der Waals surface area contributed by atoms with Gasteiger partial charge in [-0.2, -0.15) is 0 Å². The van der Waals surface area contributed by atoms with Gasteiger partial charge in [-0.1, -0.05) is 6.07 Å². The molecular weight excluding hydrogens is 466 g/mol. The number of likely N-dealkylation sites (N-methyl/N-ethyl adjacent to an activating group) is 1. The van der Waals surface area contributed by atoms with Gasteiger partial charge >= 0.3 is 0 Å². The first-order valence-electron chi connectivity index (χ1n) is 12.0. The maximum Gasteiger partial charge on any atom is 0.257 e. The van der Waals surface area contributed by atoms with Crippen molar-refractivity contribution in [3.8, 4) is 17.2 Å². The Labute approximate surface area is 208 Å². The van der Waals surface area contributed by atoms with Gasteiger partial charge < -0.3 is 34.5 Å². The summed E-state index contributed by atoms with van der Waals surface area (Å²) in [4.78, 5) is 38.9. The van der Waals surface area contributed by atoms with Crippen LogP contribution < -0.4 is 24.8 Å². The second kappa shape index (κ2) is 10.1. The Bertz CT molecular complexity index is 1180. The number of nitrogens with one attached hydrogen (secondary N) is 2. The number of ether oxygens (including phenoxy) is 4. The minimum Gasteiger partial charge on any atom is -0.490 e. The minimum absolute atomic E-state index is 0.108. The van der Waals surface area contributed by atoms with Crippen molar-refractivity contribution in [2.24, 2.45) is 0 Å². The lowest BCUT2D eigenvalue weighted by atomic mass is 9.94. The highest BCUT2D eigenvalue weighted by molar-refractivity contribution is 5.99. The number of hydrogen-bond donors (Lipinski definition) is 2. The molecule has 2 aromatic carbocycles. The van der Waals surface area contributed by atoms with E-state index in [0.717, 1.165) is 5.56 Å². The zero-order valence-electron chi connectivity index (χ0n) is 20.2. The van der Waals surface area contributed by atoms with Gasteiger partial charge in [-0.15, -0.1) is 0 Å². The van der Waals surface area contributed by atoms with Crippen LogP contribution in [0.1, 0.15) is 42.1 Å². The Hall–Kier alpha value is -3.79. The highest BCUT2D eigenvalue weighted by atomic mass is 16.7. The minimum atomic E-state index is -0.359. The molecule has 3 aliphatic heterocycles. The van der Waals surface area contributed by atoms with Crippen LogP contribution in [-0.4, -0.2) is 61.3 Å². The molecule has 3 amide bonds. The molecule has 0 radical (unpaired) electrons. The number of carbonyl (C=O) groups excluding carboxylic acids is 3. The van der Waals surface area contributed by atoms with Gasteiger partial charge in [-0.3, -0.25) is 14.4 Å². The Kier molecular flexibility index (Phi) is 6.69. The average molecular weight is 496 g/mol. The Balaban J connectivity index is 1.19. The van der Waals surface area contributed by atoms with E-state index in [-0.39, 0.29) is 55.8 Å². The van der Waals surface area contributed by atoms with Gasteiger partial charge in [0.1, 0.15) is 18.5 Å². The number of fused-ring (bicyclic) bond motifs is 3. The van der Waals surface area contributed by atoms with Gasteiger partial charge in [-0.25, -0.2) is 0 Å². The molecule has 1 fully saturated rings. The second-order valence-electron chi connectivity index (χ2n) is 9.23. The molecule has 5 rings (SSSR count). The topological polar surface area (TPSA) is 115 Å². The third-order valence-electron chi connectivity index (χ3n) is 6.67. The summed E-state index contributed by atoms with van der Waals surface area (Å²) in [6.45, 7) is 2.26. The summed E-state index contributed by atoms with van der Waals surface area (Å²) >= 11 is 0. The molecule has 36 heavy (non-hydrogen) atoms. The lowest BCUT2D eigenvalue weighted by molar-refractivity contribution is -0.134. The molecule has 2 aromatic rings. The number of nitrogens with zero attached hydrogens (tertiary/aromatic N) is 1. The first-order valence-corrected chi connectivity index (χ1v) is 12.0. The van der Waals surface area contributed by atoms with Crippen molar-refractivity contribution in [1.82, 2.24) is 10.2 Å². The molecule has 0 aromatic heterocycles. The molecule has 3 aliphatic rings. The number of rotatable bonds is 5. The van der Waals surface area contributed by atoms with Crippen LogP contribution in [0.4, 0.5) is 5.69 Å². The van der Waals surface area contributed by atoms with Crippen molar-refractivity contribution in [3.05, 3.63) is 47.5 Å². The molecule has 2 N–H and O–H groups in total. The first-order chi connectivity index (χ1) is 17.4. The van der Waals surface area contributed by atoms with E-state index in [2.05, 4.69) is 10.6 Å². The lowest BCUT2D eigenvalue weighted by Gasteiger charge is -2.42. The summed E-state index contributed by atoms with van der Waals surface area (Å²) in [6, 6.07) is 10.4. The fraction of sp³-hybridized carbons (Fsp3) is 0.423. The number of amides is 3. The molecule has 190 valence electrons. The number of carbonyl (C=O) groups is 3. The zero-order chi connectivity index (χ0) is 25.2. The SMILES string of the molecule is CC(=O)Nc1ccc2c(c1)C(=O)N(C)[C@@H]1CC[C@@H](CC(=O)NCc3ccc4c(c3)OCO4)O[C@@H]1CO2. The highest BCUT2D eigenvalue weighted by Gasteiger charge is 2.39. The van der Waals surface area contributed by atoms with Gasteiger partial charge in [0.2, 0.25) is 18.6 Å². The number of hydrogen-bond acceptors (Lipinski definition) is 7. The van der Waals surface area contributed by atoms with Crippen LogP contribution in [0.25, 0.3) is 0 Å². The summed E-state index contributed by atoms with van der Waals surface area (Å²) in [7, 11) is 1.75. The predicted octanol–water partition coefficient (Wildman–Crippen LogP) is 2.46.